The average molecular weight is 419 g/mol. The summed E-state index contributed by atoms with van der Waals surface area (Å²) in [7, 11) is 0. The number of benzene rings is 2. The molecule has 0 aliphatic carbocycles. The highest BCUT2D eigenvalue weighted by Gasteiger charge is 2.20. The summed E-state index contributed by atoms with van der Waals surface area (Å²) in [6, 6.07) is 14.9. The molecular weight excluding hydrogens is 400 g/mol. The van der Waals surface area contributed by atoms with E-state index in [9.17, 15) is 4.79 Å². The van der Waals surface area contributed by atoms with Crippen molar-refractivity contribution in [1.29, 1.82) is 0 Å². The first kappa shape index (κ1) is 19.4. The van der Waals surface area contributed by atoms with E-state index < -0.39 is 0 Å². The third-order valence-electron chi connectivity index (χ3n) is 3.24. The molecule has 0 saturated heterocycles. The maximum absolute atomic E-state index is 12.4. The molecule has 0 aliphatic rings. The van der Waals surface area contributed by atoms with Crippen molar-refractivity contribution in [2.24, 2.45) is 0 Å². The van der Waals surface area contributed by atoms with Crippen LogP contribution in [0.1, 0.15) is 20.3 Å². The van der Waals surface area contributed by atoms with Gasteiger partial charge in [0.1, 0.15) is 23.4 Å². The van der Waals surface area contributed by atoms with Gasteiger partial charge in [0, 0.05) is 9.37 Å². The van der Waals surface area contributed by atoms with Gasteiger partial charge in [-0.2, -0.15) is 0 Å². The highest BCUT2D eigenvalue weighted by molar-refractivity contribution is 9.10. The number of rotatable bonds is 7. The van der Waals surface area contributed by atoms with Crippen LogP contribution in [0.4, 0.5) is 0 Å². The number of halogens is 1. The first-order chi connectivity index (χ1) is 12.1. The Labute approximate surface area is 161 Å². The van der Waals surface area contributed by atoms with Gasteiger partial charge >= 0.3 is 5.97 Å². The lowest BCUT2D eigenvalue weighted by molar-refractivity contribution is -0.133. The number of ether oxygens (including phenoxy) is 2. The first-order valence-electron chi connectivity index (χ1n) is 7.88. The molecule has 1 atom stereocenters. The van der Waals surface area contributed by atoms with Crippen LogP contribution >= 0.6 is 27.7 Å². The molecule has 0 aromatic heterocycles. The Kier molecular flexibility index (Phi) is 7.90. The van der Waals surface area contributed by atoms with Crippen LogP contribution in [0.15, 0.2) is 57.9 Å². The second kappa shape index (κ2) is 10.2. The van der Waals surface area contributed by atoms with Gasteiger partial charge in [-0.15, -0.1) is 17.7 Å². The number of hydrogen-bond acceptors (Lipinski definition) is 4. The Morgan fingerprint density at radius 3 is 2.60 bits per heavy atom. The van der Waals surface area contributed by atoms with Crippen LogP contribution in [-0.2, 0) is 4.79 Å². The summed E-state index contributed by atoms with van der Waals surface area (Å²) in [6.07, 6.45) is 0.682. The minimum absolute atomic E-state index is 0.246. The van der Waals surface area contributed by atoms with Crippen LogP contribution in [0.2, 0.25) is 0 Å². The van der Waals surface area contributed by atoms with E-state index >= 15 is 0 Å². The van der Waals surface area contributed by atoms with Crippen LogP contribution in [0, 0.1) is 11.8 Å². The fourth-order valence-electron chi connectivity index (χ4n) is 1.98. The largest absolute Gasteiger partial charge is 0.481 e. The van der Waals surface area contributed by atoms with E-state index in [0.29, 0.717) is 18.8 Å². The minimum atomic E-state index is -0.267. The summed E-state index contributed by atoms with van der Waals surface area (Å²) < 4.78 is 11.8. The number of esters is 1. The van der Waals surface area contributed by atoms with E-state index in [1.165, 1.54) is 11.8 Å². The Morgan fingerprint density at radius 1 is 1.20 bits per heavy atom. The van der Waals surface area contributed by atoms with E-state index in [1.807, 2.05) is 43.3 Å². The Hall–Kier alpha value is -1.90. The molecular formula is C20H19BrO3S. The van der Waals surface area contributed by atoms with E-state index in [0.717, 1.165) is 15.1 Å². The van der Waals surface area contributed by atoms with Crippen molar-refractivity contribution in [3.63, 3.8) is 0 Å². The Morgan fingerprint density at radius 2 is 1.96 bits per heavy atom. The highest BCUT2D eigenvalue weighted by atomic mass is 79.9. The van der Waals surface area contributed by atoms with Gasteiger partial charge < -0.3 is 9.47 Å². The molecule has 0 bridgehead atoms. The van der Waals surface area contributed by atoms with Gasteiger partial charge in [0.25, 0.3) is 0 Å². The first-order valence-corrected chi connectivity index (χ1v) is 9.56. The summed E-state index contributed by atoms with van der Waals surface area (Å²) in [5.41, 5.74) is 0. The van der Waals surface area contributed by atoms with Gasteiger partial charge in [0.05, 0.1) is 0 Å². The average Bonchev–Trinajstić information content (AvgIpc) is 2.61. The van der Waals surface area contributed by atoms with Crippen LogP contribution in [0.25, 0.3) is 0 Å². The maximum atomic E-state index is 12.4. The summed E-state index contributed by atoms with van der Waals surface area (Å²) in [5.74, 6) is 6.69. The number of hydrogen-bond donors (Lipinski definition) is 0. The van der Waals surface area contributed by atoms with E-state index in [4.69, 9.17) is 9.47 Å². The van der Waals surface area contributed by atoms with Gasteiger partial charge in [-0.25, -0.2) is 0 Å². The third kappa shape index (κ3) is 6.49. The summed E-state index contributed by atoms with van der Waals surface area (Å²) in [5, 5.41) is -0.267. The van der Waals surface area contributed by atoms with Gasteiger partial charge in [0.15, 0.2) is 0 Å². The van der Waals surface area contributed by atoms with Crippen molar-refractivity contribution in [1.82, 2.24) is 0 Å². The van der Waals surface area contributed by atoms with Crippen molar-refractivity contribution in [2.75, 3.05) is 6.61 Å². The normalized spacial score (nSPS) is 11.2. The zero-order valence-corrected chi connectivity index (χ0v) is 16.5. The minimum Gasteiger partial charge on any atom is -0.481 e. The Balaban J connectivity index is 1.95. The fourth-order valence-corrected chi connectivity index (χ4v) is 3.29. The van der Waals surface area contributed by atoms with Crippen molar-refractivity contribution in [3.05, 3.63) is 53.0 Å². The SMILES string of the molecule is CC#CCOc1ccc(SC(CC)C(=O)Oc2cccc(Br)c2)cc1. The lowest BCUT2D eigenvalue weighted by Crippen LogP contribution is -2.22. The van der Waals surface area contributed by atoms with Gasteiger partial charge in [-0.1, -0.05) is 34.8 Å². The lowest BCUT2D eigenvalue weighted by atomic mass is 10.3. The third-order valence-corrected chi connectivity index (χ3v) is 5.09. The second-order valence-corrected chi connectivity index (χ2v) is 7.27. The molecule has 0 saturated carbocycles. The lowest BCUT2D eigenvalue weighted by Gasteiger charge is -2.14. The number of thioether (sulfide) groups is 1. The van der Waals surface area contributed by atoms with Crippen molar-refractivity contribution < 1.29 is 14.3 Å². The molecule has 0 radical (unpaired) electrons. The molecule has 0 spiro atoms. The standard InChI is InChI=1S/C20H19BrO3S/c1-3-5-13-23-16-9-11-18(12-10-16)25-19(4-2)20(22)24-17-8-6-7-15(21)14-17/h6-12,14,19H,4,13H2,1-2H3. The van der Waals surface area contributed by atoms with Crippen molar-refractivity contribution in [3.8, 4) is 23.3 Å². The smallest absolute Gasteiger partial charge is 0.324 e. The van der Waals surface area contributed by atoms with Crippen LogP contribution in [-0.4, -0.2) is 17.8 Å². The predicted molar refractivity (Wildman–Crippen MR) is 105 cm³/mol. The molecule has 1 unspecified atom stereocenters. The van der Waals surface area contributed by atoms with Crippen LogP contribution in [0.5, 0.6) is 11.5 Å². The molecule has 130 valence electrons. The summed E-state index contributed by atoms with van der Waals surface area (Å²) >= 11 is 4.86. The van der Waals surface area contributed by atoms with Crippen molar-refractivity contribution in [2.45, 2.75) is 30.4 Å². The molecule has 3 nitrogen and oxygen atoms in total. The van der Waals surface area contributed by atoms with Gasteiger partial charge in [-0.3, -0.25) is 4.79 Å². The monoisotopic (exact) mass is 418 g/mol. The van der Waals surface area contributed by atoms with Crippen LogP contribution < -0.4 is 9.47 Å². The zero-order valence-electron chi connectivity index (χ0n) is 14.1. The van der Waals surface area contributed by atoms with E-state index in [-0.39, 0.29) is 11.2 Å². The molecule has 2 rings (SSSR count). The second-order valence-electron chi connectivity index (χ2n) is 5.08. The van der Waals surface area contributed by atoms with Gasteiger partial charge in [0.2, 0.25) is 0 Å². The zero-order chi connectivity index (χ0) is 18.1. The predicted octanol–water partition coefficient (Wildman–Crippen LogP) is 5.33. The molecule has 5 heteroatoms. The molecule has 0 heterocycles. The van der Waals surface area contributed by atoms with Crippen LogP contribution in [0.3, 0.4) is 0 Å². The summed E-state index contributed by atoms with van der Waals surface area (Å²) in [6.45, 7) is 4.13. The number of carbonyl (C=O) groups is 1. The van der Waals surface area contributed by atoms with Crippen molar-refractivity contribution >= 4 is 33.7 Å². The molecule has 0 fully saturated rings. The molecule has 0 aliphatic heterocycles. The topological polar surface area (TPSA) is 35.5 Å². The maximum Gasteiger partial charge on any atom is 0.324 e. The fraction of sp³-hybridized carbons (Fsp3) is 0.250. The Bertz CT molecular complexity index is 763. The molecule has 25 heavy (non-hydrogen) atoms. The number of carbonyl (C=O) groups excluding carboxylic acids is 1. The molecule has 2 aromatic rings. The quantitative estimate of drug-likeness (QED) is 0.263. The highest BCUT2D eigenvalue weighted by Crippen LogP contribution is 2.29. The van der Waals surface area contributed by atoms with E-state index in [2.05, 4.69) is 27.8 Å². The van der Waals surface area contributed by atoms with E-state index in [1.54, 1.807) is 19.1 Å². The molecule has 0 amide bonds. The molecule has 0 N–H and O–H groups in total. The molecule has 2 aromatic carbocycles. The van der Waals surface area contributed by atoms with Gasteiger partial charge in [-0.05, 0) is 55.8 Å². The summed E-state index contributed by atoms with van der Waals surface area (Å²) in [4.78, 5) is 13.4.